The molecule has 0 bridgehead atoms. The van der Waals surface area contributed by atoms with Crippen LogP contribution in [0.15, 0.2) is 33.7 Å². The molecule has 234 valence electrons. The fraction of sp³-hybridized carbons (Fsp3) is 0.517. The Morgan fingerprint density at radius 2 is 2.11 bits per heavy atom. The zero-order chi connectivity index (χ0) is 31.4. The van der Waals surface area contributed by atoms with E-state index in [0.29, 0.717) is 36.3 Å². The molecule has 3 fully saturated rings. The van der Waals surface area contributed by atoms with Gasteiger partial charge in [-0.15, -0.1) is 11.3 Å². The third kappa shape index (κ3) is 5.34. The number of aryl methyl sites for hydroxylation is 1. The number of nitrogen functional groups attached to an aromatic ring is 1. The summed E-state index contributed by atoms with van der Waals surface area (Å²) in [4.78, 5) is 52.5. The average Bonchev–Trinajstić information content (AvgIpc) is 3.58. The van der Waals surface area contributed by atoms with Gasteiger partial charge in [-0.25, -0.2) is 9.78 Å². The minimum atomic E-state index is -1.98. The fourth-order valence-corrected chi connectivity index (χ4v) is 6.77. The number of aromatic nitrogens is 1. The van der Waals surface area contributed by atoms with Crippen molar-refractivity contribution in [1.82, 2.24) is 20.9 Å². The van der Waals surface area contributed by atoms with Crippen LogP contribution in [0.1, 0.15) is 50.4 Å². The van der Waals surface area contributed by atoms with Crippen molar-refractivity contribution < 1.29 is 29.1 Å². The first-order valence-corrected chi connectivity index (χ1v) is 15.4. The van der Waals surface area contributed by atoms with E-state index in [1.165, 1.54) is 12.3 Å². The van der Waals surface area contributed by atoms with Crippen molar-refractivity contribution in [3.05, 3.63) is 40.4 Å². The summed E-state index contributed by atoms with van der Waals surface area (Å²) in [6.45, 7) is 6.87. The summed E-state index contributed by atoms with van der Waals surface area (Å²) < 4.78 is 6.15. The van der Waals surface area contributed by atoms with Crippen molar-refractivity contribution in [2.45, 2.75) is 69.4 Å². The molecule has 1 aliphatic carbocycles. The highest BCUT2D eigenvalue weighted by molar-refractivity contribution is 7.13. The predicted molar refractivity (Wildman–Crippen MR) is 162 cm³/mol. The molecule has 2 saturated heterocycles. The quantitative estimate of drug-likeness (QED) is 0.0976. The lowest BCUT2D eigenvalue weighted by Gasteiger charge is -2.44. The van der Waals surface area contributed by atoms with Gasteiger partial charge in [0.15, 0.2) is 16.9 Å². The number of hydrogen-bond acceptors (Lipinski definition) is 11. The van der Waals surface area contributed by atoms with Crippen LogP contribution in [0, 0.1) is 11.8 Å². The summed E-state index contributed by atoms with van der Waals surface area (Å²) >= 11 is 1.07. The van der Waals surface area contributed by atoms with E-state index in [1.807, 2.05) is 12.1 Å². The molecule has 4 heterocycles. The number of carboxylic acids is 1. The van der Waals surface area contributed by atoms with Crippen LogP contribution in [0.5, 0.6) is 5.75 Å². The Labute approximate surface area is 257 Å². The first-order chi connectivity index (χ1) is 20.9. The molecule has 2 aromatic rings. The first kappa shape index (κ1) is 29.8. The molecule has 14 nitrogen and oxygen atoms in total. The normalized spacial score (nSPS) is 28.6. The van der Waals surface area contributed by atoms with Gasteiger partial charge >= 0.3 is 5.97 Å². The largest absolute Gasteiger partial charge is 0.485 e. The SMILES string of the molecule is CC1(C)NC(=O)[C@H]1NC(=O)/C(=N\O[C@](C)(C(=O)O)[C@H]1CCc2cc(C(N)=NC3C[C@@H]4CNC[C@H]34)ccc2O1)c1csc(N)n1. The smallest absolute Gasteiger partial charge is 0.354 e. The molecular formula is C29H36N8O6S. The fourth-order valence-electron chi connectivity index (χ4n) is 6.22. The van der Waals surface area contributed by atoms with E-state index < -0.39 is 35.2 Å². The van der Waals surface area contributed by atoms with Crippen molar-refractivity contribution in [2.24, 2.45) is 27.7 Å². The van der Waals surface area contributed by atoms with Crippen LogP contribution >= 0.6 is 11.3 Å². The predicted octanol–water partition coefficient (Wildman–Crippen LogP) is 0.390. The average molecular weight is 625 g/mol. The molecule has 3 aliphatic heterocycles. The van der Waals surface area contributed by atoms with Gasteiger partial charge < -0.3 is 42.1 Å². The third-order valence-electron chi connectivity index (χ3n) is 9.09. The Hall–Kier alpha value is -4.24. The van der Waals surface area contributed by atoms with Gasteiger partial charge in [-0.1, -0.05) is 5.16 Å². The lowest BCUT2D eigenvalue weighted by atomic mass is 9.72. The first-order valence-electron chi connectivity index (χ1n) is 14.5. The Kier molecular flexibility index (Phi) is 7.48. The van der Waals surface area contributed by atoms with Gasteiger partial charge in [0, 0.05) is 17.5 Å². The van der Waals surface area contributed by atoms with E-state index in [0.717, 1.165) is 42.0 Å². The van der Waals surface area contributed by atoms with Crippen molar-refractivity contribution >= 4 is 45.8 Å². The molecular weight excluding hydrogens is 588 g/mol. The summed E-state index contributed by atoms with van der Waals surface area (Å²) in [5.74, 6) is -0.249. The van der Waals surface area contributed by atoms with Gasteiger partial charge in [0.05, 0.1) is 11.6 Å². The van der Waals surface area contributed by atoms with Gasteiger partial charge in [-0.2, -0.15) is 0 Å². The molecule has 1 saturated carbocycles. The maximum atomic E-state index is 13.3. The van der Waals surface area contributed by atoms with Crippen LogP contribution in [0.25, 0.3) is 0 Å². The molecule has 15 heteroatoms. The molecule has 1 aromatic carbocycles. The number of nitrogens with zero attached hydrogens (tertiary/aromatic N) is 3. The lowest BCUT2D eigenvalue weighted by Crippen LogP contribution is -2.75. The molecule has 1 unspecified atom stereocenters. The standard InChI is InChI=1S/C29H36N8O6S/c1-28(2)22(25(39)36-28)35-24(38)21(18-12-44-27(31)34-18)37-43-29(3,26(40)41)20-7-5-13-8-14(4-6-19(13)42-20)23(30)33-17-9-15-10-32-11-16(15)17/h4,6,8,12,15-17,20,22,32H,5,7,9-11H2,1-3H3,(H2,30,33)(H2,31,34)(H,35,38)(H,36,39)(H,40,41)/b37-21-/t15-,16+,17?,20-,22-,29+/m1/s1. The van der Waals surface area contributed by atoms with Crippen LogP contribution in [0.2, 0.25) is 0 Å². The number of ether oxygens (including phenoxy) is 1. The van der Waals surface area contributed by atoms with Crippen molar-refractivity contribution in [3.8, 4) is 5.75 Å². The van der Waals surface area contributed by atoms with Crippen LogP contribution < -0.4 is 32.2 Å². The minimum absolute atomic E-state index is 0.0820. The molecule has 1 aromatic heterocycles. The molecule has 8 N–H and O–H groups in total. The van der Waals surface area contributed by atoms with Gasteiger partial charge in [-0.3, -0.25) is 14.6 Å². The second-order valence-electron chi connectivity index (χ2n) is 12.5. The maximum Gasteiger partial charge on any atom is 0.354 e. The second-order valence-corrected chi connectivity index (χ2v) is 13.4. The van der Waals surface area contributed by atoms with Crippen LogP contribution in [-0.4, -0.2) is 81.8 Å². The number of benzene rings is 1. The number of amidine groups is 1. The molecule has 4 aliphatic rings. The number of carbonyl (C=O) groups is 3. The van der Waals surface area contributed by atoms with Gasteiger partial charge in [0.1, 0.15) is 23.3 Å². The Balaban J connectivity index is 1.20. The number of oxime groups is 1. The number of thiazole rings is 1. The van der Waals surface area contributed by atoms with Crippen LogP contribution in [0.3, 0.4) is 0 Å². The summed E-state index contributed by atoms with van der Waals surface area (Å²) in [6, 6.07) is 4.90. The minimum Gasteiger partial charge on any atom is -0.485 e. The highest BCUT2D eigenvalue weighted by Crippen LogP contribution is 2.40. The molecule has 2 amide bonds. The maximum absolute atomic E-state index is 13.3. The number of nitrogens with two attached hydrogens (primary N) is 2. The van der Waals surface area contributed by atoms with Crippen molar-refractivity contribution in [2.75, 3.05) is 18.8 Å². The number of amides is 2. The summed E-state index contributed by atoms with van der Waals surface area (Å²) in [7, 11) is 0. The topological polar surface area (TPSA) is 216 Å². The number of rotatable bonds is 9. The van der Waals surface area contributed by atoms with E-state index in [-0.39, 0.29) is 28.5 Å². The highest BCUT2D eigenvalue weighted by atomic mass is 32.1. The second kappa shape index (κ2) is 11.0. The molecule has 6 rings (SSSR count). The number of carboxylic acid groups (broad SMARTS) is 1. The van der Waals surface area contributed by atoms with Crippen molar-refractivity contribution in [3.63, 3.8) is 0 Å². The molecule has 44 heavy (non-hydrogen) atoms. The van der Waals surface area contributed by atoms with E-state index in [9.17, 15) is 19.5 Å². The zero-order valence-corrected chi connectivity index (χ0v) is 25.4. The number of β-lactam (4-membered cyclic amide) rings is 1. The van der Waals surface area contributed by atoms with E-state index in [2.05, 4.69) is 26.1 Å². The van der Waals surface area contributed by atoms with Gasteiger partial charge in [-0.05, 0) is 82.2 Å². The number of carbonyl (C=O) groups excluding carboxylic acids is 2. The Bertz CT molecular complexity index is 1570. The van der Waals surface area contributed by atoms with Gasteiger partial charge in [0.25, 0.3) is 11.5 Å². The van der Waals surface area contributed by atoms with Crippen LogP contribution in [0.4, 0.5) is 5.13 Å². The summed E-state index contributed by atoms with van der Waals surface area (Å²) in [6.07, 6.45) is 0.885. The van der Waals surface area contributed by atoms with E-state index >= 15 is 0 Å². The monoisotopic (exact) mass is 624 g/mol. The number of aliphatic imine (C=N–C) groups is 1. The van der Waals surface area contributed by atoms with Crippen LogP contribution in [-0.2, 0) is 25.6 Å². The van der Waals surface area contributed by atoms with E-state index in [4.69, 9.17) is 26.0 Å². The third-order valence-corrected chi connectivity index (χ3v) is 9.76. The summed E-state index contributed by atoms with van der Waals surface area (Å²) in [5, 5.41) is 24.6. The van der Waals surface area contributed by atoms with Gasteiger partial charge in [0.2, 0.25) is 5.91 Å². The number of fused-ring (bicyclic) bond motifs is 2. The Morgan fingerprint density at radius 3 is 2.77 bits per heavy atom. The molecule has 6 atom stereocenters. The number of nitrogens with one attached hydrogen (secondary N) is 3. The number of anilines is 1. The van der Waals surface area contributed by atoms with Crippen molar-refractivity contribution in [1.29, 1.82) is 0 Å². The molecule has 0 spiro atoms. The molecule has 0 radical (unpaired) electrons. The number of aliphatic carboxylic acids is 1. The number of hydrogen-bond donors (Lipinski definition) is 6. The Morgan fingerprint density at radius 1 is 1.32 bits per heavy atom. The zero-order valence-electron chi connectivity index (χ0n) is 24.6. The summed E-state index contributed by atoms with van der Waals surface area (Å²) in [5.41, 5.74) is 10.9. The highest BCUT2D eigenvalue weighted by Gasteiger charge is 2.50. The van der Waals surface area contributed by atoms with E-state index in [1.54, 1.807) is 19.9 Å². The lowest BCUT2D eigenvalue weighted by molar-refractivity contribution is -0.178.